The zero-order valence-corrected chi connectivity index (χ0v) is 34.5. The molecular formula is C53H46BN5. The van der Waals surface area contributed by atoms with Gasteiger partial charge in [0, 0.05) is 50.8 Å². The average molecular weight is 764 g/mol. The fourth-order valence-corrected chi connectivity index (χ4v) is 8.74. The summed E-state index contributed by atoms with van der Waals surface area (Å²) in [5, 5.41) is 0. The third-order valence-electron chi connectivity index (χ3n) is 11.8. The lowest BCUT2D eigenvalue weighted by atomic mass is 9.33. The Kier molecular flexibility index (Phi) is 8.64. The van der Waals surface area contributed by atoms with Crippen LogP contribution < -0.4 is 26.2 Å². The number of para-hydroxylation sites is 2. The molecule has 0 atom stereocenters. The SMILES string of the molecule is CC(C)(C)c1ccc(N2c3ccccc3B3c4ccccc4N(c4ccc(C(C)(C)C)cc4)c4cc(-c5nc(-c6ccccc6)nc(-c6ccccc6)n5)cc2c43)cc1. The van der Waals surface area contributed by atoms with Crippen LogP contribution in [0.4, 0.5) is 34.1 Å². The van der Waals surface area contributed by atoms with Crippen molar-refractivity contribution in [2.45, 2.75) is 52.4 Å². The van der Waals surface area contributed by atoms with Gasteiger partial charge in [0.2, 0.25) is 0 Å². The number of hydrogen-bond donors (Lipinski definition) is 0. The van der Waals surface area contributed by atoms with Crippen LogP contribution in [0.1, 0.15) is 52.7 Å². The van der Waals surface area contributed by atoms with Crippen molar-refractivity contribution in [3.05, 3.63) is 181 Å². The van der Waals surface area contributed by atoms with E-state index in [9.17, 15) is 0 Å². The first-order chi connectivity index (χ1) is 28.5. The van der Waals surface area contributed by atoms with Gasteiger partial charge in [-0.2, -0.15) is 0 Å². The molecule has 8 aromatic rings. The Hall–Kier alpha value is -6.79. The van der Waals surface area contributed by atoms with Gasteiger partial charge in [-0.05, 0) is 86.9 Å². The fraction of sp³-hybridized carbons (Fsp3) is 0.151. The minimum Gasteiger partial charge on any atom is -0.311 e. The Labute approximate surface area is 348 Å². The van der Waals surface area contributed by atoms with E-state index in [1.165, 1.54) is 38.9 Å². The second kappa shape index (κ2) is 14.0. The van der Waals surface area contributed by atoms with Crippen molar-refractivity contribution < 1.29 is 0 Å². The summed E-state index contributed by atoms with van der Waals surface area (Å²) >= 11 is 0. The first-order valence-electron chi connectivity index (χ1n) is 20.6. The van der Waals surface area contributed by atoms with Gasteiger partial charge in [0.15, 0.2) is 17.5 Å². The van der Waals surface area contributed by atoms with Crippen molar-refractivity contribution in [2.75, 3.05) is 9.80 Å². The summed E-state index contributed by atoms with van der Waals surface area (Å²) in [6.07, 6.45) is 0. The van der Waals surface area contributed by atoms with Crippen LogP contribution in [0.15, 0.2) is 170 Å². The molecule has 6 heteroatoms. The van der Waals surface area contributed by atoms with Gasteiger partial charge in [-0.3, -0.25) is 0 Å². The molecule has 0 fully saturated rings. The molecule has 0 saturated heterocycles. The van der Waals surface area contributed by atoms with Gasteiger partial charge >= 0.3 is 0 Å². The smallest absolute Gasteiger partial charge is 0.252 e. The summed E-state index contributed by atoms with van der Waals surface area (Å²) < 4.78 is 0. The van der Waals surface area contributed by atoms with E-state index in [0.29, 0.717) is 17.5 Å². The predicted molar refractivity (Wildman–Crippen MR) is 248 cm³/mol. The number of hydrogen-bond acceptors (Lipinski definition) is 5. The Balaban J connectivity index is 1.28. The highest BCUT2D eigenvalue weighted by Crippen LogP contribution is 2.46. The van der Waals surface area contributed by atoms with Crippen molar-refractivity contribution in [2.24, 2.45) is 0 Å². The van der Waals surface area contributed by atoms with E-state index in [-0.39, 0.29) is 17.5 Å². The molecule has 59 heavy (non-hydrogen) atoms. The monoisotopic (exact) mass is 763 g/mol. The summed E-state index contributed by atoms with van der Waals surface area (Å²) in [6, 6.07) is 61.1. The molecule has 0 bridgehead atoms. The minimum atomic E-state index is 0.00904. The van der Waals surface area contributed by atoms with E-state index in [0.717, 1.165) is 39.4 Å². The van der Waals surface area contributed by atoms with E-state index in [1.807, 2.05) is 36.4 Å². The van der Waals surface area contributed by atoms with Crippen molar-refractivity contribution in [3.63, 3.8) is 0 Å². The largest absolute Gasteiger partial charge is 0.311 e. The van der Waals surface area contributed by atoms with Crippen LogP contribution in [0.3, 0.4) is 0 Å². The van der Waals surface area contributed by atoms with Gasteiger partial charge in [0.25, 0.3) is 6.71 Å². The molecule has 7 aromatic carbocycles. The summed E-state index contributed by atoms with van der Waals surface area (Å²) in [5.41, 5.74) is 16.0. The van der Waals surface area contributed by atoms with Crippen molar-refractivity contribution in [1.82, 2.24) is 15.0 Å². The summed E-state index contributed by atoms with van der Waals surface area (Å²) in [5.74, 6) is 1.90. The lowest BCUT2D eigenvalue weighted by molar-refractivity contribution is 0.590. The molecular weight excluding hydrogens is 717 g/mol. The Bertz CT molecular complexity index is 2650. The van der Waals surface area contributed by atoms with Crippen molar-refractivity contribution >= 4 is 57.2 Å². The van der Waals surface area contributed by atoms with Gasteiger partial charge < -0.3 is 9.80 Å². The molecule has 0 unspecified atom stereocenters. The lowest BCUT2D eigenvalue weighted by Crippen LogP contribution is -2.61. The molecule has 5 nitrogen and oxygen atoms in total. The van der Waals surface area contributed by atoms with Crippen LogP contribution in [0.2, 0.25) is 0 Å². The molecule has 0 saturated carbocycles. The Morgan fingerprint density at radius 2 is 0.729 bits per heavy atom. The first-order valence-corrected chi connectivity index (χ1v) is 20.6. The fourth-order valence-electron chi connectivity index (χ4n) is 8.74. The number of benzene rings is 7. The molecule has 0 aliphatic carbocycles. The Morgan fingerprint density at radius 3 is 1.12 bits per heavy atom. The van der Waals surface area contributed by atoms with Crippen LogP contribution in [0.25, 0.3) is 34.2 Å². The number of anilines is 6. The molecule has 2 aliphatic heterocycles. The third kappa shape index (κ3) is 6.40. The summed E-state index contributed by atoms with van der Waals surface area (Å²) in [7, 11) is 0. The quantitative estimate of drug-likeness (QED) is 0.163. The maximum absolute atomic E-state index is 5.26. The van der Waals surface area contributed by atoms with E-state index in [1.54, 1.807) is 0 Å². The van der Waals surface area contributed by atoms with Crippen LogP contribution in [0.5, 0.6) is 0 Å². The highest BCUT2D eigenvalue weighted by molar-refractivity contribution is 7.00. The molecule has 3 heterocycles. The number of rotatable bonds is 5. The zero-order valence-electron chi connectivity index (χ0n) is 34.5. The van der Waals surface area contributed by atoms with E-state index >= 15 is 0 Å². The highest BCUT2D eigenvalue weighted by Gasteiger charge is 2.43. The highest BCUT2D eigenvalue weighted by atomic mass is 15.2. The molecule has 0 N–H and O–H groups in total. The van der Waals surface area contributed by atoms with E-state index in [2.05, 4.69) is 185 Å². The van der Waals surface area contributed by atoms with Gasteiger partial charge in [-0.15, -0.1) is 0 Å². The molecule has 10 rings (SSSR count). The molecule has 286 valence electrons. The standard InChI is InChI=1S/C53H46BN5/c1-52(2,3)38-25-29-40(30-26-38)58-44-23-15-13-21-42(44)54-43-22-14-16-24-45(43)59(41-31-27-39(28-32-41)53(4,5)6)47-34-37(33-46(58)48(47)54)51-56-49(35-17-9-7-10-18-35)55-50(57-51)36-19-11-8-12-20-36/h7-34H,1-6H3. The normalized spacial score (nSPS) is 13.2. The zero-order chi connectivity index (χ0) is 40.5. The van der Waals surface area contributed by atoms with Crippen LogP contribution in [-0.4, -0.2) is 21.7 Å². The van der Waals surface area contributed by atoms with Gasteiger partial charge in [0.1, 0.15) is 0 Å². The van der Waals surface area contributed by atoms with Crippen LogP contribution in [0, 0.1) is 0 Å². The van der Waals surface area contributed by atoms with Gasteiger partial charge in [-0.25, -0.2) is 15.0 Å². The molecule has 0 amide bonds. The van der Waals surface area contributed by atoms with Crippen molar-refractivity contribution in [3.8, 4) is 34.2 Å². The third-order valence-corrected chi connectivity index (χ3v) is 11.8. The van der Waals surface area contributed by atoms with Gasteiger partial charge in [0.05, 0.1) is 0 Å². The second-order valence-electron chi connectivity index (χ2n) is 17.8. The molecule has 0 radical (unpaired) electrons. The number of nitrogens with zero attached hydrogens (tertiary/aromatic N) is 5. The summed E-state index contributed by atoms with van der Waals surface area (Å²) in [6.45, 7) is 13.6. The van der Waals surface area contributed by atoms with Gasteiger partial charge in [-0.1, -0.05) is 163 Å². The lowest BCUT2D eigenvalue weighted by Gasteiger charge is -2.44. The number of aromatic nitrogens is 3. The maximum atomic E-state index is 5.26. The average Bonchev–Trinajstić information content (AvgIpc) is 3.26. The molecule has 1 aromatic heterocycles. The van der Waals surface area contributed by atoms with Crippen molar-refractivity contribution in [1.29, 1.82) is 0 Å². The number of fused-ring (bicyclic) bond motifs is 4. The van der Waals surface area contributed by atoms with Crippen LogP contribution >= 0.6 is 0 Å². The van der Waals surface area contributed by atoms with Crippen LogP contribution in [-0.2, 0) is 10.8 Å². The molecule has 0 spiro atoms. The Morgan fingerprint density at radius 1 is 0.373 bits per heavy atom. The maximum Gasteiger partial charge on any atom is 0.252 e. The minimum absolute atomic E-state index is 0.00904. The predicted octanol–water partition coefficient (Wildman–Crippen LogP) is 11.6. The topological polar surface area (TPSA) is 45.2 Å². The van der Waals surface area contributed by atoms with E-state index in [4.69, 9.17) is 15.0 Å². The second-order valence-corrected chi connectivity index (χ2v) is 17.8. The summed E-state index contributed by atoms with van der Waals surface area (Å²) in [4.78, 5) is 20.5. The van der Waals surface area contributed by atoms with E-state index < -0.39 is 0 Å². The molecule has 2 aliphatic rings. The first kappa shape index (κ1) is 36.5.